The number of ketones is 1. The van der Waals surface area contributed by atoms with Crippen molar-refractivity contribution >= 4 is 17.8 Å². The van der Waals surface area contributed by atoms with E-state index in [-0.39, 0.29) is 29.9 Å². The molecule has 3 aromatic rings. The molecule has 0 saturated carbocycles. The van der Waals surface area contributed by atoms with Crippen molar-refractivity contribution in [3.8, 4) is 28.7 Å². The van der Waals surface area contributed by atoms with E-state index in [1.807, 2.05) is 30.3 Å². The van der Waals surface area contributed by atoms with Crippen molar-refractivity contribution in [1.82, 2.24) is 0 Å². The van der Waals surface area contributed by atoms with Crippen LogP contribution in [0.2, 0.25) is 0 Å². The molecule has 5 rings (SSSR count). The number of Topliss-reactive ketones (excluding diaryl/α,β-unsaturated/α-hetero) is 1. The number of ether oxygens (including phenoxy) is 5. The lowest BCUT2D eigenvalue weighted by Crippen LogP contribution is -2.21. The minimum atomic E-state index is -0.321. The molecule has 2 aliphatic rings. The molecule has 0 amide bonds. The summed E-state index contributed by atoms with van der Waals surface area (Å²) >= 11 is 0. The largest absolute Gasteiger partial charge is 0.493 e. The zero-order chi connectivity index (χ0) is 23.8. The maximum absolute atomic E-state index is 13.2. The van der Waals surface area contributed by atoms with Gasteiger partial charge < -0.3 is 23.7 Å². The van der Waals surface area contributed by atoms with E-state index in [2.05, 4.69) is 0 Å². The third kappa shape index (κ3) is 3.55. The molecule has 3 aromatic carbocycles. The van der Waals surface area contributed by atoms with Gasteiger partial charge in [-0.3, -0.25) is 9.59 Å². The second-order valence-electron chi connectivity index (χ2n) is 7.89. The normalized spacial score (nSPS) is 17.5. The van der Waals surface area contributed by atoms with Crippen LogP contribution in [0.15, 0.2) is 60.4 Å². The van der Waals surface area contributed by atoms with Crippen molar-refractivity contribution in [1.29, 1.82) is 0 Å². The van der Waals surface area contributed by atoms with Gasteiger partial charge >= 0.3 is 5.97 Å². The Bertz CT molecular complexity index is 1300. The number of allylic oxidation sites excluding steroid dienone is 1. The highest BCUT2D eigenvalue weighted by Crippen LogP contribution is 2.49. The number of hydrogen-bond donors (Lipinski definition) is 0. The van der Waals surface area contributed by atoms with Crippen LogP contribution >= 0.6 is 0 Å². The Kier molecular flexibility index (Phi) is 5.45. The minimum Gasteiger partial charge on any atom is -0.493 e. The lowest BCUT2D eigenvalue weighted by molar-refractivity contribution is -0.135. The first-order valence-corrected chi connectivity index (χ1v) is 10.7. The summed E-state index contributed by atoms with van der Waals surface area (Å²) in [6.45, 7) is 0. The molecule has 0 unspecified atom stereocenters. The molecule has 1 atom stereocenters. The third-order valence-electron chi connectivity index (χ3n) is 5.97. The number of hydrogen-bond acceptors (Lipinski definition) is 7. The van der Waals surface area contributed by atoms with Crippen LogP contribution in [-0.4, -0.2) is 33.1 Å². The molecule has 34 heavy (non-hydrogen) atoms. The lowest BCUT2D eigenvalue weighted by atomic mass is 9.85. The number of carbonyl (C=O) groups is 2. The van der Waals surface area contributed by atoms with Crippen LogP contribution in [0.4, 0.5) is 0 Å². The van der Waals surface area contributed by atoms with Gasteiger partial charge in [-0.1, -0.05) is 30.3 Å². The first-order valence-electron chi connectivity index (χ1n) is 10.7. The minimum absolute atomic E-state index is 0.154. The Morgan fingerprint density at radius 1 is 0.882 bits per heavy atom. The van der Waals surface area contributed by atoms with Gasteiger partial charge in [-0.15, -0.1) is 0 Å². The average molecular weight is 458 g/mol. The zero-order valence-corrected chi connectivity index (χ0v) is 18.9. The summed E-state index contributed by atoms with van der Waals surface area (Å²) in [4.78, 5) is 25.5. The topological polar surface area (TPSA) is 80.3 Å². The highest BCUT2D eigenvalue weighted by atomic mass is 16.5. The van der Waals surface area contributed by atoms with E-state index in [9.17, 15) is 9.59 Å². The number of fused-ring (bicyclic) bond motifs is 3. The summed E-state index contributed by atoms with van der Waals surface area (Å²) in [5, 5.41) is 0. The fourth-order valence-corrected chi connectivity index (χ4v) is 4.41. The standard InChI is InChI=1S/C27H22O7/c1-30-21-12-15(13-22(31-2)27(21)32-3)11-20-25(29)17-9-10-19-24(26(17)34-20)18(14-23(28)33-19)16-7-5-4-6-8-16/h4-13,18H,14H2,1-3H3/b20-11-/t18-/m0/s1. The van der Waals surface area contributed by atoms with E-state index in [0.717, 1.165) is 5.56 Å². The first kappa shape index (κ1) is 21.6. The second-order valence-corrected chi connectivity index (χ2v) is 7.89. The third-order valence-corrected chi connectivity index (χ3v) is 5.97. The molecular formula is C27H22O7. The van der Waals surface area contributed by atoms with E-state index < -0.39 is 0 Å². The van der Waals surface area contributed by atoms with Crippen LogP contribution in [0.1, 0.15) is 39.4 Å². The molecule has 0 aromatic heterocycles. The number of benzene rings is 3. The molecule has 7 heteroatoms. The van der Waals surface area contributed by atoms with Gasteiger partial charge in [-0.05, 0) is 41.5 Å². The molecule has 2 aliphatic heterocycles. The number of carbonyl (C=O) groups excluding carboxylic acids is 2. The molecule has 0 aliphatic carbocycles. The SMILES string of the molecule is COc1cc(/C=C2\Oc3c(ccc4c3[C@H](c3ccccc3)CC(=O)O4)C2=O)cc(OC)c1OC. The Hall–Kier alpha value is -4.26. The van der Waals surface area contributed by atoms with Crippen molar-refractivity contribution in [2.45, 2.75) is 12.3 Å². The molecule has 0 radical (unpaired) electrons. The average Bonchev–Trinajstić information content (AvgIpc) is 3.18. The van der Waals surface area contributed by atoms with Gasteiger partial charge in [0, 0.05) is 11.5 Å². The number of methoxy groups -OCH3 is 3. The van der Waals surface area contributed by atoms with Crippen LogP contribution in [-0.2, 0) is 4.79 Å². The van der Waals surface area contributed by atoms with Crippen molar-refractivity contribution in [3.63, 3.8) is 0 Å². The van der Waals surface area contributed by atoms with Gasteiger partial charge in [0.15, 0.2) is 17.3 Å². The molecule has 0 fully saturated rings. The first-order chi connectivity index (χ1) is 16.5. The zero-order valence-electron chi connectivity index (χ0n) is 18.9. The maximum atomic E-state index is 13.2. The predicted octanol–water partition coefficient (Wildman–Crippen LogP) is 4.77. The summed E-state index contributed by atoms with van der Waals surface area (Å²) in [5.74, 6) is 1.51. The van der Waals surface area contributed by atoms with Crippen LogP contribution in [0.5, 0.6) is 28.7 Å². The summed E-state index contributed by atoms with van der Waals surface area (Å²) in [6.07, 6.45) is 1.79. The van der Waals surface area contributed by atoms with E-state index in [4.69, 9.17) is 23.7 Å². The van der Waals surface area contributed by atoms with Crippen LogP contribution in [0.3, 0.4) is 0 Å². The summed E-state index contributed by atoms with van der Waals surface area (Å²) in [5.41, 5.74) is 2.72. The number of rotatable bonds is 5. The van der Waals surface area contributed by atoms with Crippen LogP contribution in [0, 0.1) is 0 Å². The molecule has 172 valence electrons. The molecule has 7 nitrogen and oxygen atoms in total. The van der Waals surface area contributed by atoms with E-state index in [0.29, 0.717) is 45.4 Å². The summed E-state index contributed by atoms with van der Waals surface area (Å²) < 4.78 is 27.8. The van der Waals surface area contributed by atoms with E-state index in [1.54, 1.807) is 30.3 Å². The molecule has 0 N–H and O–H groups in total. The smallest absolute Gasteiger partial charge is 0.312 e. The Labute approximate surface area is 196 Å². The predicted molar refractivity (Wildman–Crippen MR) is 124 cm³/mol. The summed E-state index contributed by atoms with van der Waals surface area (Å²) in [6, 6.07) is 16.4. The quantitative estimate of drug-likeness (QED) is 0.310. The molecule has 0 saturated heterocycles. The van der Waals surface area contributed by atoms with Gasteiger partial charge in [0.2, 0.25) is 11.5 Å². The van der Waals surface area contributed by atoms with Gasteiger partial charge in [0.25, 0.3) is 0 Å². The van der Waals surface area contributed by atoms with Gasteiger partial charge in [-0.25, -0.2) is 0 Å². The van der Waals surface area contributed by atoms with Crippen LogP contribution < -0.4 is 23.7 Å². The second kappa shape index (κ2) is 8.59. The highest BCUT2D eigenvalue weighted by Gasteiger charge is 2.38. The lowest BCUT2D eigenvalue weighted by Gasteiger charge is -2.26. The molecule has 0 spiro atoms. The van der Waals surface area contributed by atoms with Crippen molar-refractivity contribution in [2.75, 3.05) is 21.3 Å². The fourth-order valence-electron chi connectivity index (χ4n) is 4.41. The molecule has 0 bridgehead atoms. The Balaban J connectivity index is 1.59. The Morgan fingerprint density at radius 2 is 1.59 bits per heavy atom. The Morgan fingerprint density at radius 3 is 2.24 bits per heavy atom. The van der Waals surface area contributed by atoms with Gasteiger partial charge in [-0.2, -0.15) is 0 Å². The highest BCUT2D eigenvalue weighted by molar-refractivity contribution is 6.15. The van der Waals surface area contributed by atoms with Gasteiger partial charge in [0.1, 0.15) is 11.5 Å². The number of esters is 1. The monoisotopic (exact) mass is 458 g/mol. The van der Waals surface area contributed by atoms with E-state index >= 15 is 0 Å². The van der Waals surface area contributed by atoms with Crippen molar-refractivity contribution < 1.29 is 33.3 Å². The maximum Gasteiger partial charge on any atom is 0.312 e. The molecular weight excluding hydrogens is 436 g/mol. The van der Waals surface area contributed by atoms with Crippen molar-refractivity contribution in [2.24, 2.45) is 0 Å². The summed E-state index contributed by atoms with van der Waals surface area (Å²) in [7, 11) is 4.58. The van der Waals surface area contributed by atoms with Crippen molar-refractivity contribution in [3.05, 3.63) is 82.6 Å². The van der Waals surface area contributed by atoms with Crippen LogP contribution in [0.25, 0.3) is 6.08 Å². The van der Waals surface area contributed by atoms with E-state index in [1.165, 1.54) is 21.3 Å². The molecule has 2 heterocycles. The van der Waals surface area contributed by atoms with Gasteiger partial charge in [0.05, 0.1) is 33.3 Å². The fraction of sp³-hybridized carbons (Fsp3) is 0.185.